The van der Waals surface area contributed by atoms with Gasteiger partial charge in [0.1, 0.15) is 0 Å². The zero-order valence-corrected chi connectivity index (χ0v) is 13.0. The number of carbonyl (C=O) groups is 2. The summed E-state index contributed by atoms with van der Waals surface area (Å²) in [5.41, 5.74) is 6.67. The predicted molar refractivity (Wildman–Crippen MR) is 78.8 cm³/mol. The third-order valence-corrected chi connectivity index (χ3v) is 3.58. The first-order valence-corrected chi connectivity index (χ1v) is 6.95. The number of nitrogens with two attached hydrogens (primary N) is 1. The summed E-state index contributed by atoms with van der Waals surface area (Å²) in [6, 6.07) is 5.45. The number of carbonyl (C=O) groups excluding carboxylic acids is 2. The van der Waals surface area contributed by atoms with E-state index in [1.54, 1.807) is 6.07 Å². The Morgan fingerprint density at radius 2 is 2.00 bits per heavy atom. The second-order valence-electron chi connectivity index (χ2n) is 4.96. The van der Waals surface area contributed by atoms with Crippen molar-refractivity contribution in [3.63, 3.8) is 0 Å². The van der Waals surface area contributed by atoms with Crippen molar-refractivity contribution in [1.29, 1.82) is 0 Å². The first-order valence-electron chi connectivity index (χ1n) is 6.15. The zero-order valence-electron chi connectivity index (χ0n) is 11.4. The summed E-state index contributed by atoms with van der Waals surface area (Å²) in [4.78, 5) is 25.1. The Labute approximate surface area is 122 Å². The highest BCUT2D eigenvalue weighted by atomic mass is 79.9. The topological polar surface area (TPSA) is 63.4 Å². The van der Waals surface area contributed by atoms with E-state index in [4.69, 9.17) is 5.73 Å². The van der Waals surface area contributed by atoms with Gasteiger partial charge in [-0.25, -0.2) is 0 Å². The number of halogens is 1. The van der Waals surface area contributed by atoms with Crippen LogP contribution in [0.15, 0.2) is 22.7 Å². The lowest BCUT2D eigenvalue weighted by molar-refractivity contribution is -0.118. The molecule has 0 bridgehead atoms. The maximum atomic E-state index is 12.5. The SMILES string of the molecule is Cc1c(Br)cccc1C(=O)N(CC(N)=O)CC(C)C. The van der Waals surface area contributed by atoms with Crippen molar-refractivity contribution in [3.05, 3.63) is 33.8 Å². The molecule has 1 aromatic rings. The van der Waals surface area contributed by atoms with E-state index in [9.17, 15) is 9.59 Å². The molecule has 0 saturated heterocycles. The monoisotopic (exact) mass is 326 g/mol. The van der Waals surface area contributed by atoms with E-state index in [0.29, 0.717) is 12.1 Å². The molecule has 0 heterocycles. The Morgan fingerprint density at radius 3 is 2.53 bits per heavy atom. The molecule has 19 heavy (non-hydrogen) atoms. The average Bonchev–Trinajstić information content (AvgIpc) is 2.30. The van der Waals surface area contributed by atoms with E-state index in [1.165, 1.54) is 4.90 Å². The average molecular weight is 327 g/mol. The van der Waals surface area contributed by atoms with Crippen LogP contribution in [0.4, 0.5) is 0 Å². The van der Waals surface area contributed by atoms with Crippen LogP contribution in [-0.2, 0) is 4.79 Å². The summed E-state index contributed by atoms with van der Waals surface area (Å²) in [6.07, 6.45) is 0. The largest absolute Gasteiger partial charge is 0.368 e. The normalized spacial score (nSPS) is 10.6. The standard InChI is InChI=1S/C14H19BrN2O2/c1-9(2)7-17(8-13(16)18)14(19)11-5-4-6-12(15)10(11)3/h4-6,9H,7-8H2,1-3H3,(H2,16,18). The number of hydrogen-bond donors (Lipinski definition) is 1. The summed E-state index contributed by atoms with van der Waals surface area (Å²) in [5, 5.41) is 0. The molecule has 4 nitrogen and oxygen atoms in total. The van der Waals surface area contributed by atoms with Crippen LogP contribution in [0, 0.1) is 12.8 Å². The summed E-state index contributed by atoms with van der Waals surface area (Å²) < 4.78 is 0.877. The first kappa shape index (κ1) is 15.7. The van der Waals surface area contributed by atoms with Crippen molar-refractivity contribution in [2.75, 3.05) is 13.1 Å². The van der Waals surface area contributed by atoms with E-state index in [1.807, 2.05) is 32.9 Å². The van der Waals surface area contributed by atoms with Gasteiger partial charge in [-0.1, -0.05) is 35.8 Å². The molecule has 2 amide bonds. The molecule has 1 aromatic carbocycles. The molecule has 0 saturated carbocycles. The molecule has 0 spiro atoms. The molecule has 0 unspecified atom stereocenters. The minimum atomic E-state index is -0.498. The zero-order chi connectivity index (χ0) is 14.6. The van der Waals surface area contributed by atoms with Crippen LogP contribution in [0.2, 0.25) is 0 Å². The predicted octanol–water partition coefficient (Wildman–Crippen LogP) is 2.34. The van der Waals surface area contributed by atoms with Crippen LogP contribution in [0.3, 0.4) is 0 Å². The molecule has 104 valence electrons. The molecular weight excluding hydrogens is 308 g/mol. The first-order chi connectivity index (χ1) is 8.82. The molecule has 0 aromatic heterocycles. The molecule has 0 aliphatic heterocycles. The highest BCUT2D eigenvalue weighted by Crippen LogP contribution is 2.21. The van der Waals surface area contributed by atoms with Gasteiger partial charge in [0.2, 0.25) is 5.91 Å². The lowest BCUT2D eigenvalue weighted by Crippen LogP contribution is -2.40. The maximum Gasteiger partial charge on any atom is 0.254 e. The van der Waals surface area contributed by atoms with Gasteiger partial charge in [-0.3, -0.25) is 9.59 Å². The van der Waals surface area contributed by atoms with Crippen molar-refractivity contribution >= 4 is 27.7 Å². The van der Waals surface area contributed by atoms with Gasteiger partial charge in [-0.05, 0) is 30.5 Å². The highest BCUT2D eigenvalue weighted by molar-refractivity contribution is 9.10. The lowest BCUT2D eigenvalue weighted by atomic mass is 10.1. The molecule has 5 heteroatoms. The number of nitrogens with zero attached hydrogens (tertiary/aromatic N) is 1. The van der Waals surface area contributed by atoms with Crippen LogP contribution in [0.25, 0.3) is 0 Å². The summed E-state index contributed by atoms with van der Waals surface area (Å²) in [7, 11) is 0. The van der Waals surface area contributed by atoms with Gasteiger partial charge in [0.15, 0.2) is 0 Å². The van der Waals surface area contributed by atoms with Crippen LogP contribution in [0.5, 0.6) is 0 Å². The Morgan fingerprint density at radius 1 is 1.37 bits per heavy atom. The minimum absolute atomic E-state index is 0.0526. The number of primary amides is 1. The van der Waals surface area contributed by atoms with Crippen LogP contribution in [0.1, 0.15) is 29.8 Å². The van der Waals surface area contributed by atoms with Crippen LogP contribution in [-0.4, -0.2) is 29.8 Å². The molecule has 1 rings (SSSR count). The molecule has 0 aliphatic rings. The third kappa shape index (κ3) is 4.35. The Bertz CT molecular complexity index is 486. The molecule has 2 N–H and O–H groups in total. The molecule has 0 atom stereocenters. The second kappa shape index (κ2) is 6.70. The van der Waals surface area contributed by atoms with Crippen molar-refractivity contribution in [2.24, 2.45) is 11.7 Å². The van der Waals surface area contributed by atoms with E-state index in [2.05, 4.69) is 15.9 Å². The summed E-state index contributed by atoms with van der Waals surface area (Å²) in [5.74, 6) is -0.385. The molecular formula is C14H19BrN2O2. The summed E-state index contributed by atoms with van der Waals surface area (Å²) in [6.45, 7) is 6.32. The minimum Gasteiger partial charge on any atom is -0.368 e. The quantitative estimate of drug-likeness (QED) is 0.902. The number of hydrogen-bond acceptors (Lipinski definition) is 2. The lowest BCUT2D eigenvalue weighted by Gasteiger charge is -2.24. The Kier molecular flexibility index (Phi) is 5.54. The van der Waals surface area contributed by atoms with E-state index < -0.39 is 5.91 Å². The van der Waals surface area contributed by atoms with Gasteiger partial charge >= 0.3 is 0 Å². The van der Waals surface area contributed by atoms with E-state index >= 15 is 0 Å². The molecule has 0 radical (unpaired) electrons. The Hall–Kier alpha value is -1.36. The number of amides is 2. The second-order valence-corrected chi connectivity index (χ2v) is 5.81. The van der Waals surface area contributed by atoms with Crippen molar-refractivity contribution in [3.8, 4) is 0 Å². The Balaban J connectivity index is 3.04. The smallest absolute Gasteiger partial charge is 0.254 e. The fraction of sp³-hybridized carbons (Fsp3) is 0.429. The van der Waals surface area contributed by atoms with Crippen molar-refractivity contribution in [1.82, 2.24) is 4.90 Å². The van der Waals surface area contributed by atoms with E-state index in [-0.39, 0.29) is 18.4 Å². The van der Waals surface area contributed by atoms with Crippen molar-refractivity contribution in [2.45, 2.75) is 20.8 Å². The number of benzene rings is 1. The van der Waals surface area contributed by atoms with Gasteiger partial charge in [-0.15, -0.1) is 0 Å². The number of rotatable bonds is 5. The van der Waals surface area contributed by atoms with Gasteiger partial charge in [-0.2, -0.15) is 0 Å². The molecule has 0 fully saturated rings. The van der Waals surface area contributed by atoms with Gasteiger partial charge < -0.3 is 10.6 Å². The van der Waals surface area contributed by atoms with Gasteiger partial charge in [0.05, 0.1) is 6.54 Å². The fourth-order valence-corrected chi connectivity index (χ4v) is 2.22. The fourth-order valence-electron chi connectivity index (χ4n) is 1.86. The van der Waals surface area contributed by atoms with Crippen molar-refractivity contribution < 1.29 is 9.59 Å². The molecule has 0 aliphatic carbocycles. The van der Waals surface area contributed by atoms with Crippen LogP contribution < -0.4 is 5.73 Å². The third-order valence-electron chi connectivity index (χ3n) is 2.72. The van der Waals surface area contributed by atoms with Crippen LogP contribution >= 0.6 is 15.9 Å². The van der Waals surface area contributed by atoms with Gasteiger partial charge in [0.25, 0.3) is 5.91 Å². The van der Waals surface area contributed by atoms with Gasteiger partial charge in [0, 0.05) is 16.6 Å². The van der Waals surface area contributed by atoms with E-state index in [0.717, 1.165) is 10.0 Å². The summed E-state index contributed by atoms with van der Waals surface area (Å²) >= 11 is 3.40. The highest BCUT2D eigenvalue weighted by Gasteiger charge is 2.20. The maximum absolute atomic E-state index is 12.5.